The largest absolute Gasteiger partial charge is 0.478 e. The molecule has 0 unspecified atom stereocenters. The quantitative estimate of drug-likeness (QED) is 0.584. The Morgan fingerprint density at radius 3 is 2.43 bits per heavy atom. The van der Waals surface area contributed by atoms with Gasteiger partial charge in [-0.05, 0) is 41.8 Å². The molecule has 0 aliphatic rings. The van der Waals surface area contributed by atoms with Crippen molar-refractivity contribution >= 4 is 52.4 Å². The van der Waals surface area contributed by atoms with Crippen LogP contribution in [0.3, 0.4) is 0 Å². The fraction of sp³-hybridized carbons (Fsp3) is 0.0625. The molecule has 0 bridgehead atoms. The molecule has 108 valence electrons. The van der Waals surface area contributed by atoms with Crippen molar-refractivity contribution < 1.29 is 9.90 Å². The predicted molar refractivity (Wildman–Crippen MR) is 88.2 cm³/mol. The molecule has 0 amide bonds. The van der Waals surface area contributed by atoms with Crippen LogP contribution in [0.15, 0.2) is 36.4 Å². The number of carboxylic acid groups (broad SMARTS) is 1. The van der Waals surface area contributed by atoms with Crippen LogP contribution in [0.2, 0.25) is 15.1 Å². The number of aliphatic carboxylic acids is 1. The van der Waals surface area contributed by atoms with Gasteiger partial charge in [0.2, 0.25) is 0 Å². The van der Waals surface area contributed by atoms with Gasteiger partial charge in [-0.25, -0.2) is 4.79 Å². The lowest BCUT2D eigenvalue weighted by atomic mass is 10.0. The van der Waals surface area contributed by atoms with Crippen LogP contribution in [0.5, 0.6) is 0 Å². The van der Waals surface area contributed by atoms with Crippen LogP contribution >= 0.6 is 34.8 Å². The van der Waals surface area contributed by atoms with E-state index in [1.807, 2.05) is 6.92 Å². The summed E-state index contributed by atoms with van der Waals surface area (Å²) in [6.45, 7) is 1.85. The van der Waals surface area contributed by atoms with Gasteiger partial charge in [0, 0.05) is 5.02 Å². The van der Waals surface area contributed by atoms with Crippen LogP contribution in [-0.4, -0.2) is 11.1 Å². The third-order valence-corrected chi connectivity index (χ3v) is 4.24. The molecule has 0 fully saturated rings. The molecule has 2 nitrogen and oxygen atoms in total. The monoisotopic (exact) mass is 340 g/mol. The summed E-state index contributed by atoms with van der Waals surface area (Å²) in [6, 6.07) is 10.2. The van der Waals surface area contributed by atoms with E-state index in [9.17, 15) is 9.90 Å². The standard InChI is InChI=1S/C16H11Cl3O2/c1-9-5-6-10(8-14(9)18)12(16(20)21)7-11-3-2-4-13(17)15(11)19/h2-8H,1H3,(H,20,21)/b12-7-. The van der Waals surface area contributed by atoms with Gasteiger partial charge in [0.05, 0.1) is 15.6 Å². The second kappa shape index (κ2) is 6.52. The van der Waals surface area contributed by atoms with E-state index >= 15 is 0 Å². The highest BCUT2D eigenvalue weighted by Gasteiger charge is 2.13. The Balaban J connectivity index is 2.58. The second-order valence-corrected chi connectivity index (χ2v) is 5.66. The van der Waals surface area contributed by atoms with Gasteiger partial charge in [0.15, 0.2) is 0 Å². The molecule has 0 saturated heterocycles. The lowest BCUT2D eigenvalue weighted by molar-refractivity contribution is -0.130. The SMILES string of the molecule is Cc1ccc(/C(=C/c2cccc(Cl)c2Cl)C(=O)O)cc1Cl. The normalized spacial score (nSPS) is 11.5. The summed E-state index contributed by atoms with van der Waals surface area (Å²) < 4.78 is 0. The van der Waals surface area contributed by atoms with Crippen LogP contribution in [-0.2, 0) is 4.79 Å². The minimum atomic E-state index is -1.06. The molecule has 0 heterocycles. The van der Waals surface area contributed by atoms with Crippen LogP contribution in [0.4, 0.5) is 0 Å². The van der Waals surface area contributed by atoms with Gasteiger partial charge in [0.25, 0.3) is 0 Å². The summed E-state index contributed by atoms with van der Waals surface area (Å²) >= 11 is 18.1. The molecule has 0 radical (unpaired) electrons. The molecule has 0 spiro atoms. The summed E-state index contributed by atoms with van der Waals surface area (Å²) in [5, 5.41) is 10.6. The van der Waals surface area contributed by atoms with E-state index in [2.05, 4.69) is 0 Å². The Bertz CT molecular complexity index is 736. The maximum absolute atomic E-state index is 11.5. The number of aryl methyl sites for hydroxylation is 1. The lowest BCUT2D eigenvalue weighted by Gasteiger charge is -2.07. The van der Waals surface area contributed by atoms with Crippen molar-refractivity contribution in [3.05, 3.63) is 68.2 Å². The highest BCUT2D eigenvalue weighted by atomic mass is 35.5. The van der Waals surface area contributed by atoms with Crippen molar-refractivity contribution in [1.29, 1.82) is 0 Å². The van der Waals surface area contributed by atoms with Gasteiger partial charge in [0.1, 0.15) is 0 Å². The van der Waals surface area contributed by atoms with Crippen molar-refractivity contribution in [3.63, 3.8) is 0 Å². The third-order valence-electron chi connectivity index (χ3n) is 2.99. The molecule has 1 N–H and O–H groups in total. The van der Waals surface area contributed by atoms with E-state index in [0.717, 1.165) is 5.56 Å². The number of hydrogen-bond donors (Lipinski definition) is 1. The van der Waals surface area contributed by atoms with Crippen LogP contribution < -0.4 is 0 Å². The molecule has 2 aromatic rings. The fourth-order valence-electron chi connectivity index (χ4n) is 1.82. The number of carboxylic acids is 1. The van der Waals surface area contributed by atoms with Crippen LogP contribution in [0, 0.1) is 6.92 Å². The number of carbonyl (C=O) groups is 1. The van der Waals surface area contributed by atoms with E-state index < -0.39 is 5.97 Å². The zero-order valence-corrected chi connectivity index (χ0v) is 13.3. The maximum Gasteiger partial charge on any atom is 0.336 e. The summed E-state index contributed by atoms with van der Waals surface area (Å²) in [4.78, 5) is 11.5. The number of halogens is 3. The number of benzene rings is 2. The molecule has 0 aromatic heterocycles. The first-order valence-corrected chi connectivity index (χ1v) is 7.19. The second-order valence-electron chi connectivity index (χ2n) is 4.47. The molecule has 2 rings (SSSR count). The van der Waals surface area contributed by atoms with Crippen molar-refractivity contribution in [2.24, 2.45) is 0 Å². The van der Waals surface area contributed by atoms with E-state index in [1.165, 1.54) is 6.08 Å². The zero-order valence-electron chi connectivity index (χ0n) is 11.0. The van der Waals surface area contributed by atoms with Gasteiger partial charge < -0.3 is 5.11 Å². The van der Waals surface area contributed by atoms with Crippen molar-refractivity contribution in [2.45, 2.75) is 6.92 Å². The Labute approximate surface area is 137 Å². The molecule has 21 heavy (non-hydrogen) atoms. The first kappa shape index (κ1) is 15.9. The van der Waals surface area contributed by atoms with Crippen LogP contribution in [0.25, 0.3) is 11.6 Å². The molecule has 2 aromatic carbocycles. The van der Waals surface area contributed by atoms with Crippen molar-refractivity contribution in [1.82, 2.24) is 0 Å². The number of rotatable bonds is 3. The molecule has 0 aliphatic carbocycles. The molecule has 0 saturated carbocycles. The first-order chi connectivity index (χ1) is 9.90. The van der Waals surface area contributed by atoms with Gasteiger partial charge in [-0.15, -0.1) is 0 Å². The Hall–Kier alpha value is -1.48. The highest BCUT2D eigenvalue weighted by molar-refractivity contribution is 6.43. The van der Waals surface area contributed by atoms with E-state index in [1.54, 1.807) is 36.4 Å². The summed E-state index contributed by atoms with van der Waals surface area (Å²) in [5.74, 6) is -1.06. The third kappa shape index (κ3) is 3.59. The molecular formula is C16H11Cl3O2. The van der Waals surface area contributed by atoms with Gasteiger partial charge >= 0.3 is 5.97 Å². The Morgan fingerprint density at radius 1 is 1.10 bits per heavy atom. The van der Waals surface area contributed by atoms with E-state index in [-0.39, 0.29) is 5.57 Å². The van der Waals surface area contributed by atoms with Crippen LogP contribution in [0.1, 0.15) is 16.7 Å². The minimum Gasteiger partial charge on any atom is -0.478 e. The Morgan fingerprint density at radius 2 is 1.81 bits per heavy atom. The molecular weight excluding hydrogens is 331 g/mol. The summed E-state index contributed by atoms with van der Waals surface area (Å²) in [7, 11) is 0. The highest BCUT2D eigenvalue weighted by Crippen LogP contribution is 2.30. The average molecular weight is 342 g/mol. The summed E-state index contributed by atoms with van der Waals surface area (Å²) in [5.41, 5.74) is 2.03. The molecule has 0 atom stereocenters. The summed E-state index contributed by atoms with van der Waals surface area (Å²) in [6.07, 6.45) is 1.48. The molecule has 0 aliphatic heterocycles. The fourth-order valence-corrected chi connectivity index (χ4v) is 2.36. The first-order valence-electron chi connectivity index (χ1n) is 6.05. The van der Waals surface area contributed by atoms with Gasteiger partial charge in [-0.3, -0.25) is 0 Å². The maximum atomic E-state index is 11.5. The van der Waals surface area contributed by atoms with Gasteiger partial charge in [-0.2, -0.15) is 0 Å². The zero-order chi connectivity index (χ0) is 15.6. The Kier molecular flexibility index (Phi) is 4.94. The van der Waals surface area contributed by atoms with E-state index in [4.69, 9.17) is 34.8 Å². The smallest absolute Gasteiger partial charge is 0.336 e. The molecule has 5 heteroatoms. The predicted octanol–water partition coefficient (Wildman–Crippen LogP) is 5.58. The van der Waals surface area contributed by atoms with Crippen molar-refractivity contribution in [2.75, 3.05) is 0 Å². The lowest BCUT2D eigenvalue weighted by Crippen LogP contribution is -2.00. The number of hydrogen-bond acceptors (Lipinski definition) is 1. The van der Waals surface area contributed by atoms with Gasteiger partial charge in [-0.1, -0.05) is 59.1 Å². The van der Waals surface area contributed by atoms with E-state index in [0.29, 0.717) is 26.2 Å². The minimum absolute atomic E-state index is 0.0982. The average Bonchev–Trinajstić information content (AvgIpc) is 2.43. The van der Waals surface area contributed by atoms with Crippen molar-refractivity contribution in [3.8, 4) is 0 Å². The topological polar surface area (TPSA) is 37.3 Å².